The van der Waals surface area contributed by atoms with Crippen molar-refractivity contribution in [1.29, 1.82) is 0 Å². The van der Waals surface area contributed by atoms with E-state index in [4.69, 9.17) is 0 Å². The molecule has 6 heteroatoms. The summed E-state index contributed by atoms with van der Waals surface area (Å²) in [6, 6.07) is 19.5. The van der Waals surface area contributed by atoms with Crippen LogP contribution in [0.3, 0.4) is 0 Å². The minimum absolute atomic E-state index is 0.0723. The van der Waals surface area contributed by atoms with Crippen LogP contribution in [0.15, 0.2) is 71.7 Å². The summed E-state index contributed by atoms with van der Waals surface area (Å²) in [6.07, 6.45) is 2.88. The summed E-state index contributed by atoms with van der Waals surface area (Å²) in [5, 5.41) is 10.1. The van der Waals surface area contributed by atoms with Crippen LogP contribution in [0, 0.1) is 0 Å². The second kappa shape index (κ2) is 7.88. The van der Waals surface area contributed by atoms with Crippen molar-refractivity contribution in [1.82, 2.24) is 13.9 Å². The molecule has 4 aromatic rings. The Labute approximate surface area is 175 Å². The van der Waals surface area contributed by atoms with Crippen LogP contribution in [0.25, 0.3) is 16.6 Å². The molecule has 1 fully saturated rings. The summed E-state index contributed by atoms with van der Waals surface area (Å²) in [5.41, 5.74) is 3.76. The van der Waals surface area contributed by atoms with Gasteiger partial charge in [0.25, 0.3) is 5.56 Å². The van der Waals surface area contributed by atoms with E-state index in [2.05, 4.69) is 15.9 Å². The molecule has 3 heterocycles. The lowest BCUT2D eigenvalue weighted by Gasteiger charge is -2.36. The fraction of sp³-hybridized carbons (Fsp3) is 0.292. The van der Waals surface area contributed by atoms with Crippen molar-refractivity contribution in [3.63, 3.8) is 0 Å². The molecule has 0 aliphatic carbocycles. The van der Waals surface area contributed by atoms with Gasteiger partial charge in [0.2, 0.25) is 0 Å². The van der Waals surface area contributed by atoms with E-state index >= 15 is 0 Å². The zero-order valence-corrected chi connectivity index (χ0v) is 16.9. The van der Waals surface area contributed by atoms with Gasteiger partial charge in [-0.15, -0.1) is 0 Å². The Bertz CT molecular complexity index is 1230. The molecule has 5 rings (SSSR count). The van der Waals surface area contributed by atoms with Gasteiger partial charge in [-0.1, -0.05) is 24.3 Å². The minimum Gasteiger partial charge on any atom is -0.506 e. The van der Waals surface area contributed by atoms with Crippen molar-refractivity contribution in [2.24, 2.45) is 0 Å². The van der Waals surface area contributed by atoms with Gasteiger partial charge in [0.15, 0.2) is 0 Å². The van der Waals surface area contributed by atoms with Crippen LogP contribution in [0.5, 0.6) is 5.75 Å². The quantitative estimate of drug-likeness (QED) is 0.557. The second-order valence-corrected chi connectivity index (χ2v) is 7.88. The highest BCUT2D eigenvalue weighted by Crippen LogP contribution is 2.27. The van der Waals surface area contributed by atoms with E-state index in [1.807, 2.05) is 63.7 Å². The molecule has 0 radical (unpaired) electrons. The van der Waals surface area contributed by atoms with Crippen molar-refractivity contribution < 1.29 is 5.11 Å². The van der Waals surface area contributed by atoms with Crippen LogP contribution >= 0.6 is 0 Å². The molecule has 30 heavy (non-hydrogen) atoms. The molecule has 6 nitrogen and oxygen atoms in total. The molecule has 1 saturated heterocycles. The predicted molar refractivity (Wildman–Crippen MR) is 121 cm³/mol. The first kappa shape index (κ1) is 18.8. The Balaban J connectivity index is 1.26. The maximum absolute atomic E-state index is 13.0. The zero-order chi connectivity index (χ0) is 20.5. The molecule has 1 aliphatic heterocycles. The van der Waals surface area contributed by atoms with Gasteiger partial charge in [0.1, 0.15) is 11.3 Å². The molecule has 0 atom stereocenters. The average molecular weight is 402 g/mol. The highest BCUT2D eigenvalue weighted by atomic mass is 16.3. The fourth-order valence-electron chi connectivity index (χ4n) is 4.53. The predicted octanol–water partition coefficient (Wildman–Crippen LogP) is 3.17. The summed E-state index contributed by atoms with van der Waals surface area (Å²) in [6.45, 7) is 5.39. The first-order valence-corrected chi connectivity index (χ1v) is 10.6. The standard InChI is InChI=1S/C24H26N4O2/c29-23-11-4-3-9-21(23)26-17-15-25(16-18-26)12-6-14-28-20-8-2-1-7-19(20)27-13-5-10-22(27)24(28)30/h1-5,7-11,13,29H,6,12,14-18H2. The maximum atomic E-state index is 13.0. The molecule has 1 aliphatic rings. The number of phenols is 1. The Kier molecular flexibility index (Phi) is 4.93. The molecule has 1 N–H and O–H groups in total. The van der Waals surface area contributed by atoms with Crippen LogP contribution in [-0.4, -0.2) is 51.7 Å². The van der Waals surface area contributed by atoms with E-state index in [1.54, 1.807) is 6.07 Å². The van der Waals surface area contributed by atoms with Crippen LogP contribution in [0.4, 0.5) is 5.69 Å². The van der Waals surface area contributed by atoms with E-state index in [0.717, 1.165) is 61.4 Å². The van der Waals surface area contributed by atoms with Crippen LogP contribution in [-0.2, 0) is 6.54 Å². The molecule has 0 saturated carbocycles. The van der Waals surface area contributed by atoms with Crippen LogP contribution in [0.2, 0.25) is 0 Å². The van der Waals surface area contributed by atoms with Gasteiger partial charge < -0.3 is 19.0 Å². The number of aryl methyl sites for hydroxylation is 1. The largest absolute Gasteiger partial charge is 0.506 e. The van der Waals surface area contributed by atoms with Gasteiger partial charge in [-0.2, -0.15) is 0 Å². The third-order valence-corrected chi connectivity index (χ3v) is 6.10. The topological polar surface area (TPSA) is 53.1 Å². The molecule has 0 unspecified atom stereocenters. The summed E-state index contributed by atoms with van der Waals surface area (Å²) in [4.78, 5) is 17.7. The first-order chi connectivity index (χ1) is 14.7. The lowest BCUT2D eigenvalue weighted by molar-refractivity contribution is 0.250. The molecule has 2 aromatic heterocycles. The molecular formula is C24H26N4O2. The van der Waals surface area contributed by atoms with Crippen molar-refractivity contribution in [2.45, 2.75) is 13.0 Å². The fourth-order valence-corrected chi connectivity index (χ4v) is 4.53. The molecule has 0 spiro atoms. The van der Waals surface area contributed by atoms with Crippen molar-refractivity contribution in [3.8, 4) is 5.75 Å². The summed E-state index contributed by atoms with van der Waals surface area (Å²) in [5.74, 6) is 0.345. The third-order valence-electron chi connectivity index (χ3n) is 6.10. The number of hydrogen-bond donors (Lipinski definition) is 1. The minimum atomic E-state index is 0.0723. The lowest BCUT2D eigenvalue weighted by atomic mass is 10.2. The smallest absolute Gasteiger partial charge is 0.275 e. The Morgan fingerprint density at radius 3 is 2.27 bits per heavy atom. The SMILES string of the molecule is O=c1c2cccn2c2ccccc2n1CCCN1CCN(c2ccccc2O)CC1. The van der Waals surface area contributed by atoms with Crippen LogP contribution < -0.4 is 10.5 Å². The van der Waals surface area contributed by atoms with E-state index in [1.165, 1.54) is 0 Å². The monoisotopic (exact) mass is 402 g/mol. The Hall–Kier alpha value is -3.25. The van der Waals surface area contributed by atoms with E-state index in [9.17, 15) is 9.90 Å². The summed E-state index contributed by atoms with van der Waals surface area (Å²) < 4.78 is 3.90. The normalized spacial score (nSPS) is 15.3. The maximum Gasteiger partial charge on any atom is 0.275 e. The number of hydrogen-bond acceptors (Lipinski definition) is 4. The van der Waals surface area contributed by atoms with Crippen molar-refractivity contribution in [2.75, 3.05) is 37.6 Å². The Morgan fingerprint density at radius 1 is 0.767 bits per heavy atom. The van der Waals surface area contributed by atoms with Crippen molar-refractivity contribution in [3.05, 3.63) is 77.2 Å². The molecule has 0 amide bonds. The summed E-state index contributed by atoms with van der Waals surface area (Å²) >= 11 is 0. The molecule has 2 aromatic carbocycles. The number of nitrogens with zero attached hydrogens (tertiary/aromatic N) is 4. The Morgan fingerprint density at radius 2 is 1.47 bits per heavy atom. The molecular weight excluding hydrogens is 376 g/mol. The number of rotatable bonds is 5. The van der Waals surface area contributed by atoms with E-state index in [0.29, 0.717) is 12.3 Å². The molecule has 154 valence electrons. The number of anilines is 1. The van der Waals surface area contributed by atoms with Crippen molar-refractivity contribution >= 4 is 22.2 Å². The second-order valence-electron chi connectivity index (χ2n) is 7.88. The number of aromatic nitrogens is 2. The third kappa shape index (κ3) is 3.33. The number of aromatic hydroxyl groups is 1. The average Bonchev–Trinajstić information content (AvgIpc) is 3.28. The number of benzene rings is 2. The van der Waals surface area contributed by atoms with Gasteiger partial charge in [0, 0.05) is 38.9 Å². The number of piperazine rings is 1. The van der Waals surface area contributed by atoms with Gasteiger partial charge in [-0.25, -0.2) is 0 Å². The number of fused-ring (bicyclic) bond motifs is 3. The number of para-hydroxylation sites is 4. The van der Waals surface area contributed by atoms with Gasteiger partial charge in [0.05, 0.1) is 16.7 Å². The highest BCUT2D eigenvalue weighted by Gasteiger charge is 2.19. The first-order valence-electron chi connectivity index (χ1n) is 10.6. The van der Waals surface area contributed by atoms with E-state index in [-0.39, 0.29) is 5.56 Å². The van der Waals surface area contributed by atoms with Gasteiger partial charge in [-0.3, -0.25) is 9.69 Å². The lowest BCUT2D eigenvalue weighted by Crippen LogP contribution is -2.46. The summed E-state index contributed by atoms with van der Waals surface area (Å²) in [7, 11) is 0. The zero-order valence-electron chi connectivity index (χ0n) is 16.9. The van der Waals surface area contributed by atoms with Gasteiger partial charge >= 0.3 is 0 Å². The van der Waals surface area contributed by atoms with Gasteiger partial charge in [-0.05, 0) is 49.4 Å². The highest BCUT2D eigenvalue weighted by molar-refractivity contribution is 5.79. The molecule has 0 bridgehead atoms. The van der Waals surface area contributed by atoms with Crippen LogP contribution in [0.1, 0.15) is 6.42 Å². The van der Waals surface area contributed by atoms with E-state index < -0.39 is 0 Å². The number of phenolic OH excluding ortho intramolecular Hbond substituents is 1.